The van der Waals surface area contributed by atoms with Crippen LogP contribution in [0.2, 0.25) is 0 Å². The number of carboxylic acid groups (broad SMARTS) is 1. The van der Waals surface area contributed by atoms with Crippen LogP contribution in [0.15, 0.2) is 12.3 Å². The van der Waals surface area contributed by atoms with Crippen LogP contribution in [-0.2, 0) is 23.1 Å². The summed E-state index contributed by atoms with van der Waals surface area (Å²) in [5.74, 6) is -0.365. The number of aromatic nitrogens is 6. The summed E-state index contributed by atoms with van der Waals surface area (Å²) in [6.45, 7) is 1.09. The monoisotopic (exact) mass is 292 g/mol. The van der Waals surface area contributed by atoms with Crippen LogP contribution in [0.5, 0.6) is 0 Å². The highest BCUT2D eigenvalue weighted by atomic mass is 16.5. The van der Waals surface area contributed by atoms with Crippen LogP contribution >= 0.6 is 0 Å². The zero-order valence-corrected chi connectivity index (χ0v) is 11.6. The number of rotatable bonds is 4. The number of hydrogen-bond acceptors (Lipinski definition) is 6. The van der Waals surface area contributed by atoms with Gasteiger partial charge in [0.2, 0.25) is 5.82 Å². The second-order valence-electron chi connectivity index (χ2n) is 5.23. The van der Waals surface area contributed by atoms with E-state index in [1.54, 1.807) is 24.0 Å². The molecule has 112 valence electrons. The van der Waals surface area contributed by atoms with Crippen molar-refractivity contribution in [3.8, 4) is 11.5 Å². The molecule has 0 saturated carbocycles. The third kappa shape index (κ3) is 2.51. The lowest BCUT2D eigenvalue weighted by molar-refractivity contribution is -0.156. The second-order valence-corrected chi connectivity index (χ2v) is 5.23. The van der Waals surface area contributed by atoms with Crippen LogP contribution in [0.4, 0.5) is 0 Å². The highest BCUT2D eigenvalue weighted by Gasteiger charge is 2.41. The van der Waals surface area contributed by atoms with Gasteiger partial charge in [-0.25, -0.2) is 4.68 Å². The van der Waals surface area contributed by atoms with Crippen molar-refractivity contribution in [2.75, 3.05) is 13.2 Å². The Hall–Kier alpha value is -2.29. The molecule has 0 amide bonds. The van der Waals surface area contributed by atoms with Crippen molar-refractivity contribution in [3.63, 3.8) is 0 Å². The maximum Gasteiger partial charge on any atom is 0.311 e. The molecule has 0 aromatic carbocycles. The molecule has 9 nitrogen and oxygen atoms in total. The molecular formula is C12H16N6O3. The second kappa shape index (κ2) is 5.24. The lowest BCUT2D eigenvalue weighted by Crippen LogP contribution is -2.41. The topological polar surface area (TPSA) is 108 Å². The first-order valence-corrected chi connectivity index (χ1v) is 6.68. The van der Waals surface area contributed by atoms with Gasteiger partial charge < -0.3 is 9.84 Å². The Morgan fingerprint density at radius 3 is 2.86 bits per heavy atom. The number of tetrazole rings is 1. The minimum absolute atomic E-state index is 0.213. The lowest BCUT2D eigenvalue weighted by atomic mass is 9.80. The van der Waals surface area contributed by atoms with Crippen LogP contribution in [-0.4, -0.2) is 54.3 Å². The fourth-order valence-corrected chi connectivity index (χ4v) is 2.52. The van der Waals surface area contributed by atoms with Gasteiger partial charge in [-0.1, -0.05) is 0 Å². The van der Waals surface area contributed by atoms with Gasteiger partial charge in [0, 0.05) is 26.5 Å². The van der Waals surface area contributed by atoms with Gasteiger partial charge in [0.15, 0.2) is 0 Å². The largest absolute Gasteiger partial charge is 0.481 e. The summed E-state index contributed by atoms with van der Waals surface area (Å²) < 4.78 is 8.44. The molecule has 3 heterocycles. The Labute approximate surface area is 120 Å². The molecule has 2 aromatic rings. The third-order valence-electron chi connectivity index (χ3n) is 3.83. The van der Waals surface area contributed by atoms with Gasteiger partial charge in [-0.05, 0) is 29.3 Å². The quantitative estimate of drug-likeness (QED) is 0.841. The van der Waals surface area contributed by atoms with Gasteiger partial charge in [-0.2, -0.15) is 5.10 Å². The van der Waals surface area contributed by atoms with E-state index >= 15 is 0 Å². The van der Waals surface area contributed by atoms with E-state index in [1.165, 1.54) is 4.68 Å². The van der Waals surface area contributed by atoms with Gasteiger partial charge in [0.25, 0.3) is 0 Å². The predicted molar refractivity (Wildman–Crippen MR) is 70.1 cm³/mol. The number of aliphatic carboxylic acids is 1. The molecule has 2 aromatic heterocycles. The van der Waals surface area contributed by atoms with E-state index in [2.05, 4.69) is 20.6 Å². The number of ether oxygens (including phenoxy) is 1. The summed E-state index contributed by atoms with van der Waals surface area (Å²) in [6, 6.07) is 1.79. The Kier molecular flexibility index (Phi) is 3.42. The third-order valence-corrected chi connectivity index (χ3v) is 3.83. The van der Waals surface area contributed by atoms with Crippen LogP contribution in [0.1, 0.15) is 12.8 Å². The minimum atomic E-state index is -0.892. The van der Waals surface area contributed by atoms with Gasteiger partial charge in [0.05, 0.1) is 12.0 Å². The first-order valence-electron chi connectivity index (χ1n) is 6.68. The summed E-state index contributed by atoms with van der Waals surface area (Å²) in [7, 11) is 1.80. The molecular weight excluding hydrogens is 276 g/mol. The average molecular weight is 292 g/mol. The van der Waals surface area contributed by atoms with Gasteiger partial charge in [-0.15, -0.1) is 5.10 Å². The van der Waals surface area contributed by atoms with Crippen molar-refractivity contribution >= 4 is 5.97 Å². The van der Waals surface area contributed by atoms with E-state index in [9.17, 15) is 9.90 Å². The Morgan fingerprint density at radius 1 is 1.48 bits per heavy atom. The normalized spacial score (nSPS) is 17.8. The SMILES string of the molecule is Cn1ccc(-c2nnnn2CC2(C(=O)O)CCOCC2)n1. The van der Waals surface area contributed by atoms with E-state index in [0.29, 0.717) is 37.6 Å². The molecule has 1 fully saturated rings. The maximum absolute atomic E-state index is 11.7. The lowest BCUT2D eigenvalue weighted by Gasteiger charge is -2.32. The van der Waals surface area contributed by atoms with Gasteiger partial charge in [-0.3, -0.25) is 9.48 Å². The molecule has 1 aliphatic heterocycles. The van der Waals surface area contributed by atoms with Crippen molar-refractivity contribution in [1.82, 2.24) is 30.0 Å². The summed E-state index contributed by atoms with van der Waals surface area (Å²) in [5, 5.41) is 25.4. The van der Waals surface area contributed by atoms with Crippen molar-refractivity contribution in [3.05, 3.63) is 12.3 Å². The molecule has 21 heavy (non-hydrogen) atoms. The first kappa shape index (κ1) is 13.7. The van der Waals surface area contributed by atoms with Crippen molar-refractivity contribution in [2.45, 2.75) is 19.4 Å². The molecule has 0 radical (unpaired) electrons. The zero-order chi connectivity index (χ0) is 14.9. The van der Waals surface area contributed by atoms with E-state index in [0.717, 1.165) is 0 Å². The summed E-state index contributed by atoms with van der Waals surface area (Å²) in [6.07, 6.45) is 2.68. The molecule has 0 unspecified atom stereocenters. The average Bonchev–Trinajstić information content (AvgIpc) is 3.08. The smallest absolute Gasteiger partial charge is 0.311 e. The van der Waals surface area contributed by atoms with E-state index in [-0.39, 0.29) is 6.54 Å². The van der Waals surface area contributed by atoms with Crippen LogP contribution in [0.3, 0.4) is 0 Å². The molecule has 9 heteroatoms. The first-order chi connectivity index (χ1) is 10.1. The number of aryl methyl sites for hydroxylation is 1. The van der Waals surface area contributed by atoms with Crippen LogP contribution in [0.25, 0.3) is 11.5 Å². The molecule has 0 aliphatic carbocycles. The number of carboxylic acids is 1. The Balaban J connectivity index is 1.91. The molecule has 1 aliphatic rings. The summed E-state index contributed by atoms with van der Waals surface area (Å²) in [4.78, 5) is 11.7. The number of hydrogen-bond donors (Lipinski definition) is 1. The van der Waals surface area contributed by atoms with E-state index in [1.807, 2.05) is 0 Å². The predicted octanol–water partition coefficient (Wildman–Crippen LogP) is -0.0450. The maximum atomic E-state index is 11.7. The fourth-order valence-electron chi connectivity index (χ4n) is 2.52. The van der Waals surface area contributed by atoms with Crippen molar-refractivity contribution in [2.24, 2.45) is 12.5 Å². The molecule has 1 N–H and O–H groups in total. The highest BCUT2D eigenvalue weighted by molar-refractivity contribution is 5.74. The van der Waals surface area contributed by atoms with Crippen molar-refractivity contribution < 1.29 is 14.6 Å². The molecule has 0 bridgehead atoms. The number of carbonyl (C=O) groups is 1. The number of nitrogens with zero attached hydrogens (tertiary/aromatic N) is 6. The fraction of sp³-hybridized carbons (Fsp3) is 0.583. The standard InChI is InChI=1S/C12H16N6O3/c1-17-5-2-9(14-17)10-13-15-16-18(10)8-12(11(19)20)3-6-21-7-4-12/h2,5H,3-4,6-8H2,1H3,(H,19,20). The van der Waals surface area contributed by atoms with Gasteiger partial charge in [0.1, 0.15) is 5.69 Å². The Morgan fingerprint density at radius 2 is 2.24 bits per heavy atom. The van der Waals surface area contributed by atoms with E-state index < -0.39 is 11.4 Å². The Bertz CT molecular complexity index is 643. The van der Waals surface area contributed by atoms with Crippen LogP contribution < -0.4 is 0 Å². The molecule has 0 atom stereocenters. The molecule has 0 spiro atoms. The minimum Gasteiger partial charge on any atom is -0.481 e. The molecule has 3 rings (SSSR count). The summed E-state index contributed by atoms with van der Waals surface area (Å²) in [5.41, 5.74) is -0.271. The molecule has 1 saturated heterocycles. The van der Waals surface area contributed by atoms with Gasteiger partial charge >= 0.3 is 5.97 Å². The highest BCUT2D eigenvalue weighted by Crippen LogP contribution is 2.33. The van der Waals surface area contributed by atoms with Crippen LogP contribution in [0, 0.1) is 5.41 Å². The van der Waals surface area contributed by atoms with E-state index in [4.69, 9.17) is 4.74 Å². The summed E-state index contributed by atoms with van der Waals surface area (Å²) >= 11 is 0. The van der Waals surface area contributed by atoms with Crippen molar-refractivity contribution in [1.29, 1.82) is 0 Å². The zero-order valence-electron chi connectivity index (χ0n) is 11.6.